The van der Waals surface area contributed by atoms with Gasteiger partial charge >= 0.3 is 5.97 Å². The minimum Gasteiger partial charge on any atom is -0.478 e. The molecule has 3 heterocycles. The number of benzene rings is 1. The zero-order valence-electron chi connectivity index (χ0n) is 14.1. The smallest absolute Gasteiger partial charge is 0.337 e. The van der Waals surface area contributed by atoms with Crippen LogP contribution in [0.5, 0.6) is 0 Å². The fourth-order valence-electron chi connectivity index (χ4n) is 4.14. The summed E-state index contributed by atoms with van der Waals surface area (Å²) in [6, 6.07) is 11.9. The average molecular weight is 338 g/mol. The van der Waals surface area contributed by atoms with Gasteiger partial charge in [0, 0.05) is 31.2 Å². The summed E-state index contributed by atoms with van der Waals surface area (Å²) in [6.07, 6.45) is 3.67. The van der Waals surface area contributed by atoms with Gasteiger partial charge in [0.15, 0.2) is 0 Å². The molecule has 0 aliphatic carbocycles. The van der Waals surface area contributed by atoms with Crippen LogP contribution in [-0.2, 0) is 13.0 Å². The molecular weight excluding hydrogens is 316 g/mol. The standard InChI is InChI=1S/C20H22N2O3/c23-19(21-11-9-15(13-21)14-6-2-1-3-7-14)18-12-16(20(24)25)17-8-4-5-10-22(17)18/h1-3,6-7,12,15H,4-5,8-11,13H2,(H,24,25). The third-order valence-electron chi connectivity index (χ3n) is 5.45. The molecule has 1 aromatic carbocycles. The first-order valence-electron chi connectivity index (χ1n) is 8.95. The van der Waals surface area contributed by atoms with E-state index in [-0.39, 0.29) is 5.91 Å². The largest absolute Gasteiger partial charge is 0.478 e. The monoisotopic (exact) mass is 338 g/mol. The molecule has 1 fully saturated rings. The Balaban J connectivity index is 1.59. The number of nitrogens with zero attached hydrogens (tertiary/aromatic N) is 2. The maximum Gasteiger partial charge on any atom is 0.337 e. The highest BCUT2D eigenvalue weighted by Crippen LogP contribution is 2.30. The lowest BCUT2D eigenvalue weighted by Gasteiger charge is -2.21. The van der Waals surface area contributed by atoms with Crippen molar-refractivity contribution in [2.24, 2.45) is 0 Å². The number of carbonyl (C=O) groups is 2. The number of hydrogen-bond acceptors (Lipinski definition) is 2. The van der Waals surface area contributed by atoms with E-state index in [1.807, 2.05) is 27.7 Å². The minimum absolute atomic E-state index is 0.0333. The first-order chi connectivity index (χ1) is 12.1. The fraction of sp³-hybridized carbons (Fsp3) is 0.400. The second-order valence-corrected chi connectivity index (χ2v) is 6.95. The molecule has 1 unspecified atom stereocenters. The Morgan fingerprint density at radius 3 is 2.64 bits per heavy atom. The van der Waals surface area contributed by atoms with E-state index in [0.717, 1.165) is 44.5 Å². The second kappa shape index (κ2) is 6.39. The average Bonchev–Trinajstić information content (AvgIpc) is 3.27. The summed E-state index contributed by atoms with van der Waals surface area (Å²) in [5.41, 5.74) is 2.91. The van der Waals surface area contributed by atoms with Crippen molar-refractivity contribution in [1.82, 2.24) is 9.47 Å². The number of likely N-dealkylation sites (tertiary alicyclic amines) is 1. The zero-order valence-corrected chi connectivity index (χ0v) is 14.1. The van der Waals surface area contributed by atoms with Crippen LogP contribution in [0.15, 0.2) is 36.4 Å². The lowest BCUT2D eigenvalue weighted by Crippen LogP contribution is -2.31. The summed E-state index contributed by atoms with van der Waals surface area (Å²) in [5, 5.41) is 9.45. The van der Waals surface area contributed by atoms with Gasteiger partial charge in [-0.25, -0.2) is 4.79 Å². The molecule has 1 saturated heterocycles. The van der Waals surface area contributed by atoms with Gasteiger partial charge in [-0.05, 0) is 37.3 Å². The number of rotatable bonds is 3. The third kappa shape index (κ3) is 2.84. The number of aromatic carboxylic acids is 1. The second-order valence-electron chi connectivity index (χ2n) is 6.95. The zero-order chi connectivity index (χ0) is 17.4. The van der Waals surface area contributed by atoms with Gasteiger partial charge in [0.25, 0.3) is 5.91 Å². The SMILES string of the molecule is O=C(O)c1cc(C(=O)N2CCC(c3ccccc3)C2)n2c1CCCC2. The van der Waals surface area contributed by atoms with Gasteiger partial charge in [0.2, 0.25) is 0 Å². The summed E-state index contributed by atoms with van der Waals surface area (Å²) >= 11 is 0. The molecule has 0 bridgehead atoms. The first-order valence-corrected chi connectivity index (χ1v) is 8.95. The number of carboxylic acid groups (broad SMARTS) is 1. The van der Waals surface area contributed by atoms with E-state index in [9.17, 15) is 14.7 Å². The molecule has 5 nitrogen and oxygen atoms in total. The Kier molecular flexibility index (Phi) is 4.07. The maximum atomic E-state index is 13.0. The molecule has 25 heavy (non-hydrogen) atoms. The molecule has 4 rings (SSSR count). The van der Waals surface area contributed by atoms with Gasteiger partial charge in [-0.1, -0.05) is 30.3 Å². The lowest BCUT2D eigenvalue weighted by atomic mass is 9.99. The highest BCUT2D eigenvalue weighted by atomic mass is 16.4. The van der Waals surface area contributed by atoms with Crippen molar-refractivity contribution < 1.29 is 14.7 Å². The normalized spacial score (nSPS) is 19.7. The van der Waals surface area contributed by atoms with Crippen LogP contribution < -0.4 is 0 Å². The van der Waals surface area contributed by atoms with Crippen LogP contribution in [0.2, 0.25) is 0 Å². The van der Waals surface area contributed by atoms with Crippen molar-refractivity contribution in [1.29, 1.82) is 0 Å². The van der Waals surface area contributed by atoms with E-state index >= 15 is 0 Å². The van der Waals surface area contributed by atoms with Crippen LogP contribution in [0.1, 0.15) is 57.3 Å². The lowest BCUT2D eigenvalue weighted by molar-refractivity contribution is 0.0694. The summed E-state index contributed by atoms with van der Waals surface area (Å²) < 4.78 is 1.94. The molecule has 5 heteroatoms. The van der Waals surface area contributed by atoms with Crippen LogP contribution in [0.3, 0.4) is 0 Å². The van der Waals surface area contributed by atoms with Gasteiger partial charge in [-0.15, -0.1) is 0 Å². The topological polar surface area (TPSA) is 62.5 Å². The van der Waals surface area contributed by atoms with E-state index in [0.29, 0.717) is 23.7 Å². The molecule has 0 saturated carbocycles. The molecule has 2 aliphatic rings. The van der Waals surface area contributed by atoms with Crippen molar-refractivity contribution in [2.45, 2.75) is 38.1 Å². The third-order valence-corrected chi connectivity index (χ3v) is 5.45. The Morgan fingerprint density at radius 2 is 1.88 bits per heavy atom. The molecule has 0 radical (unpaired) electrons. The number of fused-ring (bicyclic) bond motifs is 1. The van der Waals surface area contributed by atoms with Crippen LogP contribution in [0.4, 0.5) is 0 Å². The molecular formula is C20H22N2O3. The maximum absolute atomic E-state index is 13.0. The predicted octanol–water partition coefficient (Wildman–Crippen LogP) is 3.15. The molecule has 1 aromatic heterocycles. The van der Waals surface area contributed by atoms with Crippen LogP contribution >= 0.6 is 0 Å². The van der Waals surface area contributed by atoms with Gasteiger partial charge in [0.05, 0.1) is 5.56 Å². The van der Waals surface area contributed by atoms with E-state index in [4.69, 9.17) is 0 Å². The van der Waals surface area contributed by atoms with Crippen molar-refractivity contribution >= 4 is 11.9 Å². The predicted molar refractivity (Wildman–Crippen MR) is 94.0 cm³/mol. The summed E-state index contributed by atoms with van der Waals surface area (Å²) in [7, 11) is 0. The number of amides is 1. The quantitative estimate of drug-likeness (QED) is 0.935. The number of carbonyl (C=O) groups excluding carboxylic acids is 1. The van der Waals surface area contributed by atoms with Crippen LogP contribution in [0.25, 0.3) is 0 Å². The van der Waals surface area contributed by atoms with Crippen LogP contribution in [-0.4, -0.2) is 39.5 Å². The fourth-order valence-corrected chi connectivity index (χ4v) is 4.14. The van der Waals surface area contributed by atoms with Gasteiger partial charge < -0.3 is 14.6 Å². The number of aromatic nitrogens is 1. The molecule has 0 spiro atoms. The van der Waals surface area contributed by atoms with Crippen molar-refractivity contribution in [3.05, 3.63) is 58.9 Å². The first kappa shape index (κ1) is 15.9. The summed E-state index contributed by atoms with van der Waals surface area (Å²) in [5.74, 6) is -0.609. The molecule has 1 N–H and O–H groups in total. The van der Waals surface area contributed by atoms with Crippen molar-refractivity contribution in [2.75, 3.05) is 13.1 Å². The molecule has 1 amide bonds. The van der Waals surface area contributed by atoms with E-state index in [1.165, 1.54) is 5.56 Å². The van der Waals surface area contributed by atoms with Crippen molar-refractivity contribution in [3.63, 3.8) is 0 Å². The van der Waals surface area contributed by atoms with Gasteiger partial charge in [-0.3, -0.25) is 4.79 Å². The minimum atomic E-state index is -0.937. The molecule has 2 aliphatic heterocycles. The van der Waals surface area contributed by atoms with E-state index < -0.39 is 5.97 Å². The Morgan fingerprint density at radius 1 is 1.08 bits per heavy atom. The van der Waals surface area contributed by atoms with Gasteiger partial charge in [-0.2, -0.15) is 0 Å². The Hall–Kier alpha value is -2.56. The Bertz CT molecular complexity index is 810. The van der Waals surface area contributed by atoms with E-state index in [1.54, 1.807) is 6.07 Å². The van der Waals surface area contributed by atoms with E-state index in [2.05, 4.69) is 12.1 Å². The summed E-state index contributed by atoms with van der Waals surface area (Å²) in [4.78, 5) is 26.4. The molecule has 130 valence electrons. The molecule has 1 atom stereocenters. The Labute approximate surface area is 146 Å². The number of carboxylic acids is 1. The highest BCUT2D eigenvalue weighted by molar-refractivity contribution is 5.98. The molecule has 2 aromatic rings. The van der Waals surface area contributed by atoms with Crippen molar-refractivity contribution in [3.8, 4) is 0 Å². The van der Waals surface area contributed by atoms with Crippen LogP contribution in [0, 0.1) is 0 Å². The highest BCUT2D eigenvalue weighted by Gasteiger charge is 2.32. The summed E-state index contributed by atoms with van der Waals surface area (Å²) in [6.45, 7) is 2.16. The number of hydrogen-bond donors (Lipinski definition) is 1. The van der Waals surface area contributed by atoms with Gasteiger partial charge in [0.1, 0.15) is 5.69 Å².